The first-order valence-corrected chi connectivity index (χ1v) is 12.3. The Morgan fingerprint density at radius 2 is 1.66 bits per heavy atom. The lowest BCUT2D eigenvalue weighted by molar-refractivity contribution is -0.117. The zero-order chi connectivity index (χ0) is 23.9. The number of imidazole rings is 1. The number of aromatic nitrogens is 3. The third kappa shape index (κ3) is 3.82. The van der Waals surface area contributed by atoms with E-state index in [-0.39, 0.29) is 17.6 Å². The molecule has 0 bridgehead atoms. The lowest BCUT2D eigenvalue weighted by Crippen LogP contribution is -2.40. The second-order valence-corrected chi connectivity index (χ2v) is 9.37. The zero-order valence-electron chi connectivity index (χ0n) is 19.8. The first-order valence-electron chi connectivity index (χ1n) is 12.3. The number of nitrogens with one attached hydrogen (secondary N) is 2. The molecule has 1 amide bonds. The van der Waals surface area contributed by atoms with Gasteiger partial charge in [-0.3, -0.25) is 14.3 Å². The van der Waals surface area contributed by atoms with Crippen LogP contribution < -0.4 is 11.0 Å². The molecule has 0 aliphatic carbocycles. The van der Waals surface area contributed by atoms with Gasteiger partial charge in [0.1, 0.15) is 0 Å². The van der Waals surface area contributed by atoms with Crippen molar-refractivity contribution in [1.82, 2.24) is 19.0 Å². The first-order chi connectivity index (χ1) is 17.1. The molecule has 0 radical (unpaired) electrons. The van der Waals surface area contributed by atoms with Crippen LogP contribution in [0, 0.1) is 0 Å². The highest BCUT2D eigenvalue weighted by Gasteiger charge is 2.24. The van der Waals surface area contributed by atoms with Crippen molar-refractivity contribution in [3.8, 4) is 0 Å². The van der Waals surface area contributed by atoms with Crippen LogP contribution >= 0.6 is 0 Å². The van der Waals surface area contributed by atoms with Gasteiger partial charge in [0.2, 0.25) is 5.91 Å². The molecule has 0 spiro atoms. The van der Waals surface area contributed by atoms with Gasteiger partial charge in [-0.2, -0.15) is 0 Å². The molecule has 2 N–H and O–H groups in total. The summed E-state index contributed by atoms with van der Waals surface area (Å²) < 4.78 is 4.19. The van der Waals surface area contributed by atoms with Crippen molar-refractivity contribution in [2.45, 2.75) is 32.4 Å². The number of hydrogen-bond donors (Lipinski definition) is 2. The highest BCUT2D eigenvalue weighted by Crippen LogP contribution is 2.31. The first kappa shape index (κ1) is 21.7. The minimum Gasteiger partial charge on any atom is -0.341 e. The number of rotatable bonds is 5. The average Bonchev–Trinajstić information content (AvgIpc) is 3.38. The fourth-order valence-electron chi connectivity index (χ4n) is 5.65. The van der Waals surface area contributed by atoms with E-state index in [2.05, 4.69) is 63.1 Å². The van der Waals surface area contributed by atoms with Gasteiger partial charge in [0.05, 0.1) is 17.6 Å². The average molecular weight is 468 g/mol. The number of benzene rings is 3. The van der Waals surface area contributed by atoms with Crippen LogP contribution in [-0.2, 0) is 11.3 Å². The monoisotopic (exact) mass is 467 g/mol. The van der Waals surface area contributed by atoms with E-state index in [9.17, 15) is 9.59 Å². The molecular formula is C28H29N5O2. The van der Waals surface area contributed by atoms with E-state index in [0.29, 0.717) is 6.54 Å². The lowest BCUT2D eigenvalue weighted by Gasteiger charge is -2.32. The second-order valence-electron chi connectivity index (χ2n) is 9.37. The van der Waals surface area contributed by atoms with Crippen LogP contribution in [0.15, 0.2) is 71.5 Å². The van der Waals surface area contributed by atoms with Crippen molar-refractivity contribution in [3.63, 3.8) is 0 Å². The quantitative estimate of drug-likeness (QED) is 0.392. The molecule has 3 heterocycles. The number of hydrogen-bond acceptors (Lipinski definition) is 3. The molecule has 0 atom stereocenters. The summed E-state index contributed by atoms with van der Waals surface area (Å²) in [6.45, 7) is 4.97. The number of H-pyrrole nitrogens is 1. The SMILES string of the molecule is CCn1c2ccccc2c2cc(NC(=O)CN3CCC(n4c(=O)[nH]c5ccccc54)CC3)ccc21. The van der Waals surface area contributed by atoms with Gasteiger partial charge in [-0.05, 0) is 56.2 Å². The van der Waals surface area contributed by atoms with Crippen molar-refractivity contribution in [3.05, 3.63) is 77.2 Å². The van der Waals surface area contributed by atoms with Gasteiger partial charge in [-0.1, -0.05) is 30.3 Å². The molecule has 5 aromatic rings. The fourth-order valence-corrected chi connectivity index (χ4v) is 5.65. The number of likely N-dealkylation sites (tertiary alicyclic amines) is 1. The van der Waals surface area contributed by atoms with Gasteiger partial charge >= 0.3 is 5.69 Å². The molecule has 7 nitrogen and oxygen atoms in total. The van der Waals surface area contributed by atoms with E-state index in [0.717, 1.165) is 54.6 Å². The molecule has 7 heteroatoms. The third-order valence-corrected chi connectivity index (χ3v) is 7.29. The van der Waals surface area contributed by atoms with Crippen LogP contribution in [-0.4, -0.2) is 44.6 Å². The maximum absolute atomic E-state index is 12.9. The summed E-state index contributed by atoms with van der Waals surface area (Å²) in [6, 6.07) is 22.5. The summed E-state index contributed by atoms with van der Waals surface area (Å²) in [5.74, 6) is -0.00806. The number of fused-ring (bicyclic) bond motifs is 4. The van der Waals surface area contributed by atoms with E-state index >= 15 is 0 Å². The third-order valence-electron chi connectivity index (χ3n) is 7.29. The Kier molecular flexibility index (Phi) is 5.41. The minimum absolute atomic E-state index is 0.00806. The summed E-state index contributed by atoms with van der Waals surface area (Å²) in [5, 5.41) is 5.46. The molecule has 1 fully saturated rings. The predicted octanol–water partition coefficient (Wildman–Crippen LogP) is 4.73. The summed E-state index contributed by atoms with van der Waals surface area (Å²) in [4.78, 5) is 30.5. The highest BCUT2D eigenvalue weighted by molar-refractivity contribution is 6.09. The Hall–Kier alpha value is -3.84. The molecular weight excluding hydrogens is 438 g/mol. The summed E-state index contributed by atoms with van der Waals surface area (Å²) in [5.41, 5.74) is 4.99. The minimum atomic E-state index is -0.0535. The molecule has 3 aromatic carbocycles. The van der Waals surface area contributed by atoms with Gasteiger partial charge in [0.25, 0.3) is 0 Å². The Bertz CT molecular complexity index is 1600. The maximum atomic E-state index is 12.9. The number of para-hydroxylation sites is 3. The van der Waals surface area contributed by atoms with Crippen LogP contribution in [0.25, 0.3) is 32.8 Å². The van der Waals surface area contributed by atoms with E-state index in [1.807, 2.05) is 34.9 Å². The van der Waals surface area contributed by atoms with Gasteiger partial charge < -0.3 is 14.9 Å². The normalized spacial score (nSPS) is 15.3. The van der Waals surface area contributed by atoms with Crippen molar-refractivity contribution in [1.29, 1.82) is 0 Å². The molecule has 1 aliphatic heterocycles. The standard InChI is InChI=1S/C28H29N5O2/c1-2-32-24-9-5-3-7-21(24)22-17-19(11-12-25(22)32)29-27(34)18-31-15-13-20(14-16-31)33-26-10-6-4-8-23(26)30-28(33)35/h3-12,17,20H,2,13-16,18H2,1H3,(H,29,34)(H,30,35). The number of anilines is 1. The van der Waals surface area contributed by atoms with Crippen molar-refractivity contribution in [2.75, 3.05) is 25.0 Å². The van der Waals surface area contributed by atoms with E-state index in [1.165, 1.54) is 16.4 Å². The molecule has 2 aromatic heterocycles. The Labute approximate surface area is 203 Å². The number of piperidine rings is 1. The van der Waals surface area contributed by atoms with Gasteiger partial charge in [-0.15, -0.1) is 0 Å². The Morgan fingerprint density at radius 1 is 0.943 bits per heavy atom. The molecule has 0 saturated carbocycles. The second kappa shape index (κ2) is 8.74. The number of carbonyl (C=O) groups is 1. The number of carbonyl (C=O) groups excluding carboxylic acids is 1. The van der Waals surface area contributed by atoms with Gasteiger partial charge in [0, 0.05) is 53.2 Å². The summed E-state index contributed by atoms with van der Waals surface area (Å²) in [7, 11) is 0. The van der Waals surface area contributed by atoms with Crippen molar-refractivity contribution >= 4 is 44.4 Å². The molecule has 178 valence electrons. The van der Waals surface area contributed by atoms with E-state index in [1.54, 1.807) is 0 Å². The molecule has 0 unspecified atom stereocenters. The highest BCUT2D eigenvalue weighted by atomic mass is 16.2. The Morgan fingerprint density at radius 3 is 2.46 bits per heavy atom. The largest absolute Gasteiger partial charge is 0.341 e. The maximum Gasteiger partial charge on any atom is 0.326 e. The van der Waals surface area contributed by atoms with Gasteiger partial charge in [0.15, 0.2) is 0 Å². The van der Waals surface area contributed by atoms with Crippen molar-refractivity contribution in [2.24, 2.45) is 0 Å². The van der Waals surface area contributed by atoms with Crippen molar-refractivity contribution < 1.29 is 4.79 Å². The summed E-state index contributed by atoms with van der Waals surface area (Å²) in [6.07, 6.45) is 1.69. The molecule has 35 heavy (non-hydrogen) atoms. The van der Waals surface area contributed by atoms with Gasteiger partial charge in [-0.25, -0.2) is 4.79 Å². The molecule has 6 rings (SSSR count). The smallest absolute Gasteiger partial charge is 0.326 e. The van der Waals surface area contributed by atoms with Crippen LogP contribution in [0.5, 0.6) is 0 Å². The molecule has 1 saturated heterocycles. The topological polar surface area (TPSA) is 75.1 Å². The number of amides is 1. The van der Waals surface area contributed by atoms with E-state index < -0.39 is 0 Å². The predicted molar refractivity (Wildman–Crippen MR) is 141 cm³/mol. The lowest BCUT2D eigenvalue weighted by atomic mass is 10.0. The number of aryl methyl sites for hydroxylation is 1. The number of aromatic amines is 1. The molecule has 1 aliphatic rings. The van der Waals surface area contributed by atoms with Crippen LogP contribution in [0.2, 0.25) is 0 Å². The van der Waals surface area contributed by atoms with Crippen LogP contribution in [0.3, 0.4) is 0 Å². The zero-order valence-corrected chi connectivity index (χ0v) is 19.8. The van der Waals surface area contributed by atoms with Crippen LogP contribution in [0.4, 0.5) is 5.69 Å². The Balaban J connectivity index is 1.13. The number of nitrogens with zero attached hydrogens (tertiary/aromatic N) is 3. The summed E-state index contributed by atoms with van der Waals surface area (Å²) >= 11 is 0. The van der Waals surface area contributed by atoms with E-state index in [4.69, 9.17) is 0 Å². The van der Waals surface area contributed by atoms with Crippen LogP contribution in [0.1, 0.15) is 25.8 Å². The fraction of sp³-hybridized carbons (Fsp3) is 0.286.